The Hall–Kier alpha value is -1.46. The highest BCUT2D eigenvalue weighted by Crippen LogP contribution is 2.24. The molecule has 108 valence electrons. The van der Waals surface area contributed by atoms with Gasteiger partial charge in [-0.3, -0.25) is 4.31 Å². The van der Waals surface area contributed by atoms with Gasteiger partial charge < -0.3 is 4.57 Å². The number of halogens is 1. The standard InChI is InChI=1S/C14H17ClN2O2S/c1-3-17-11-14(9-13(17)10-15)20(18,19)16(2)12-7-5-4-6-8-12/h4-9,11H,3,10H2,1-2H3. The summed E-state index contributed by atoms with van der Waals surface area (Å²) >= 11 is 5.84. The monoisotopic (exact) mass is 312 g/mol. The van der Waals surface area contributed by atoms with Crippen molar-refractivity contribution in [3.8, 4) is 0 Å². The van der Waals surface area contributed by atoms with Gasteiger partial charge in [0.05, 0.1) is 11.6 Å². The van der Waals surface area contributed by atoms with Gasteiger partial charge in [0.2, 0.25) is 0 Å². The van der Waals surface area contributed by atoms with Gasteiger partial charge in [0.1, 0.15) is 4.90 Å². The first-order chi connectivity index (χ1) is 9.50. The van der Waals surface area contributed by atoms with E-state index in [1.807, 2.05) is 29.7 Å². The maximum Gasteiger partial charge on any atom is 0.265 e. The lowest BCUT2D eigenvalue weighted by molar-refractivity contribution is 0.594. The van der Waals surface area contributed by atoms with Crippen LogP contribution in [0.3, 0.4) is 0 Å². The first-order valence-electron chi connectivity index (χ1n) is 6.29. The Morgan fingerprint density at radius 3 is 2.40 bits per heavy atom. The summed E-state index contributed by atoms with van der Waals surface area (Å²) in [6.45, 7) is 2.64. The number of para-hydroxylation sites is 1. The van der Waals surface area contributed by atoms with Gasteiger partial charge in [-0.05, 0) is 25.1 Å². The van der Waals surface area contributed by atoms with Crippen LogP contribution in [0.15, 0.2) is 47.5 Å². The molecule has 0 saturated carbocycles. The lowest BCUT2D eigenvalue weighted by atomic mass is 10.3. The molecule has 0 unspecified atom stereocenters. The van der Waals surface area contributed by atoms with Crippen LogP contribution in [0.4, 0.5) is 5.69 Å². The number of hydrogen-bond acceptors (Lipinski definition) is 2. The van der Waals surface area contributed by atoms with Crippen LogP contribution in [0.1, 0.15) is 12.6 Å². The molecular formula is C14H17ClN2O2S. The Balaban J connectivity index is 2.42. The highest BCUT2D eigenvalue weighted by Gasteiger charge is 2.23. The highest BCUT2D eigenvalue weighted by atomic mass is 35.5. The summed E-state index contributed by atoms with van der Waals surface area (Å²) in [4.78, 5) is 0.265. The van der Waals surface area contributed by atoms with Gasteiger partial charge in [-0.2, -0.15) is 0 Å². The van der Waals surface area contributed by atoms with Crippen LogP contribution >= 0.6 is 11.6 Å². The van der Waals surface area contributed by atoms with Gasteiger partial charge in [-0.1, -0.05) is 18.2 Å². The summed E-state index contributed by atoms with van der Waals surface area (Å²) in [5.74, 6) is 0.290. The molecule has 0 aliphatic rings. The van der Waals surface area contributed by atoms with Crippen molar-refractivity contribution in [2.45, 2.75) is 24.2 Å². The molecule has 1 aromatic heterocycles. The van der Waals surface area contributed by atoms with Gasteiger partial charge >= 0.3 is 0 Å². The summed E-state index contributed by atoms with van der Waals surface area (Å²) in [7, 11) is -2.01. The molecule has 0 aliphatic heterocycles. The minimum Gasteiger partial charge on any atom is -0.349 e. The zero-order valence-corrected chi connectivity index (χ0v) is 13.0. The molecule has 6 heteroatoms. The third-order valence-corrected chi connectivity index (χ3v) is 5.24. The molecule has 1 aromatic carbocycles. The zero-order valence-electron chi connectivity index (χ0n) is 11.5. The summed E-state index contributed by atoms with van der Waals surface area (Å²) < 4.78 is 28.3. The van der Waals surface area contributed by atoms with E-state index in [0.717, 1.165) is 5.69 Å². The maximum atomic E-state index is 12.6. The number of anilines is 1. The van der Waals surface area contributed by atoms with Gasteiger partial charge in [-0.25, -0.2) is 8.42 Å². The fourth-order valence-corrected chi connectivity index (χ4v) is 3.50. The van der Waals surface area contributed by atoms with Crippen LogP contribution in [0.25, 0.3) is 0 Å². The third kappa shape index (κ3) is 2.69. The quantitative estimate of drug-likeness (QED) is 0.796. The summed E-state index contributed by atoms with van der Waals surface area (Å²) in [6.07, 6.45) is 1.63. The lowest BCUT2D eigenvalue weighted by Gasteiger charge is -2.18. The van der Waals surface area contributed by atoms with Gasteiger partial charge in [0, 0.05) is 25.5 Å². The Labute approximate surface area is 124 Å². The van der Waals surface area contributed by atoms with Crippen LogP contribution in [-0.2, 0) is 22.4 Å². The number of sulfonamides is 1. The minimum atomic E-state index is -3.56. The summed E-state index contributed by atoms with van der Waals surface area (Å²) in [5.41, 5.74) is 1.43. The lowest BCUT2D eigenvalue weighted by Crippen LogP contribution is -2.26. The van der Waals surface area contributed by atoms with Crippen LogP contribution in [0.5, 0.6) is 0 Å². The number of rotatable bonds is 5. The van der Waals surface area contributed by atoms with E-state index in [2.05, 4.69) is 0 Å². The van der Waals surface area contributed by atoms with Crippen molar-refractivity contribution in [3.63, 3.8) is 0 Å². The molecule has 2 aromatic rings. The Bertz CT molecular complexity index is 659. The van der Waals surface area contributed by atoms with E-state index in [0.29, 0.717) is 18.1 Å². The van der Waals surface area contributed by atoms with E-state index in [-0.39, 0.29) is 4.90 Å². The molecule has 0 spiro atoms. The molecule has 20 heavy (non-hydrogen) atoms. The molecule has 0 N–H and O–H groups in total. The maximum absolute atomic E-state index is 12.6. The van der Waals surface area contributed by atoms with Crippen molar-refractivity contribution in [2.24, 2.45) is 0 Å². The molecule has 0 radical (unpaired) electrons. The van der Waals surface area contributed by atoms with Crippen molar-refractivity contribution in [1.82, 2.24) is 4.57 Å². The smallest absolute Gasteiger partial charge is 0.265 e. The van der Waals surface area contributed by atoms with E-state index in [4.69, 9.17) is 11.6 Å². The first-order valence-corrected chi connectivity index (χ1v) is 8.27. The number of benzene rings is 1. The van der Waals surface area contributed by atoms with E-state index >= 15 is 0 Å². The Morgan fingerprint density at radius 2 is 1.90 bits per heavy atom. The second-order valence-electron chi connectivity index (χ2n) is 4.39. The van der Waals surface area contributed by atoms with Crippen molar-refractivity contribution < 1.29 is 8.42 Å². The molecule has 2 rings (SSSR count). The molecule has 0 atom stereocenters. The van der Waals surface area contributed by atoms with Crippen LogP contribution in [-0.4, -0.2) is 20.0 Å². The van der Waals surface area contributed by atoms with Gasteiger partial charge in [0.25, 0.3) is 10.0 Å². The Kier molecular flexibility index (Phi) is 4.40. The van der Waals surface area contributed by atoms with Crippen molar-refractivity contribution in [2.75, 3.05) is 11.4 Å². The second-order valence-corrected chi connectivity index (χ2v) is 6.63. The fraction of sp³-hybridized carbons (Fsp3) is 0.286. The van der Waals surface area contributed by atoms with E-state index in [1.54, 1.807) is 31.4 Å². The number of hydrogen-bond donors (Lipinski definition) is 0. The average Bonchev–Trinajstić information content (AvgIpc) is 2.91. The fourth-order valence-electron chi connectivity index (χ4n) is 2.01. The number of nitrogens with zero attached hydrogens (tertiary/aromatic N) is 2. The SMILES string of the molecule is CCn1cc(S(=O)(=O)N(C)c2ccccc2)cc1CCl. The van der Waals surface area contributed by atoms with Crippen molar-refractivity contribution >= 4 is 27.3 Å². The molecular weight excluding hydrogens is 296 g/mol. The largest absolute Gasteiger partial charge is 0.349 e. The van der Waals surface area contributed by atoms with Crippen LogP contribution < -0.4 is 4.31 Å². The number of aryl methyl sites for hydroxylation is 1. The molecule has 1 heterocycles. The van der Waals surface area contributed by atoms with Gasteiger partial charge in [-0.15, -0.1) is 11.6 Å². The van der Waals surface area contributed by atoms with Crippen LogP contribution in [0, 0.1) is 0 Å². The van der Waals surface area contributed by atoms with E-state index in [9.17, 15) is 8.42 Å². The number of alkyl halides is 1. The van der Waals surface area contributed by atoms with E-state index in [1.165, 1.54) is 4.31 Å². The molecule has 0 saturated heterocycles. The molecule has 0 bridgehead atoms. The van der Waals surface area contributed by atoms with Crippen molar-refractivity contribution in [1.29, 1.82) is 0 Å². The average molecular weight is 313 g/mol. The minimum absolute atomic E-state index is 0.265. The topological polar surface area (TPSA) is 42.3 Å². The van der Waals surface area contributed by atoms with Crippen molar-refractivity contribution in [3.05, 3.63) is 48.3 Å². The first kappa shape index (κ1) is 14.9. The van der Waals surface area contributed by atoms with Gasteiger partial charge in [0.15, 0.2) is 0 Å². The molecule has 4 nitrogen and oxygen atoms in total. The Morgan fingerprint density at radius 1 is 1.25 bits per heavy atom. The molecule has 0 amide bonds. The van der Waals surface area contributed by atoms with E-state index < -0.39 is 10.0 Å². The zero-order chi connectivity index (χ0) is 14.8. The number of aromatic nitrogens is 1. The predicted octanol–water partition coefficient (Wildman–Crippen LogP) is 3.07. The normalized spacial score (nSPS) is 11.6. The van der Waals surface area contributed by atoms with Crippen LogP contribution in [0.2, 0.25) is 0 Å². The highest BCUT2D eigenvalue weighted by molar-refractivity contribution is 7.92. The molecule has 0 aliphatic carbocycles. The second kappa shape index (κ2) is 5.89. The third-order valence-electron chi connectivity index (χ3n) is 3.22. The molecule has 0 fully saturated rings. The predicted molar refractivity (Wildman–Crippen MR) is 81.7 cm³/mol. The summed E-state index contributed by atoms with van der Waals surface area (Å²) in [5, 5.41) is 0. The summed E-state index contributed by atoms with van der Waals surface area (Å²) in [6, 6.07) is 10.6.